The third-order valence-electron chi connectivity index (χ3n) is 2.62. The highest BCUT2D eigenvalue weighted by atomic mass is 79.9. The van der Waals surface area contributed by atoms with Gasteiger partial charge in [0, 0.05) is 26.9 Å². The maximum absolute atomic E-state index is 5.96. The van der Waals surface area contributed by atoms with Gasteiger partial charge in [-0.3, -0.25) is 4.40 Å². The number of nitrogens with two attached hydrogens (primary N) is 1. The van der Waals surface area contributed by atoms with Crippen LogP contribution in [0.1, 0.15) is 0 Å². The summed E-state index contributed by atoms with van der Waals surface area (Å²) < 4.78 is 2.83. The van der Waals surface area contributed by atoms with Gasteiger partial charge in [-0.15, -0.1) is 10.2 Å². The van der Waals surface area contributed by atoms with E-state index in [1.54, 1.807) is 12.1 Å². The molecule has 2 heterocycles. The second kappa shape index (κ2) is 4.26. The molecule has 0 radical (unpaired) electrons. The number of benzene rings is 1. The van der Waals surface area contributed by atoms with Crippen molar-refractivity contribution in [2.75, 3.05) is 5.73 Å². The molecule has 3 rings (SSSR count). The molecule has 0 saturated heterocycles. The number of halogens is 2. The Hall–Kier alpha value is -1.59. The molecule has 0 bridgehead atoms. The van der Waals surface area contributed by atoms with Crippen molar-refractivity contribution in [1.82, 2.24) is 14.6 Å². The molecule has 4 nitrogen and oxygen atoms in total. The van der Waals surface area contributed by atoms with Crippen molar-refractivity contribution in [2.24, 2.45) is 0 Å². The lowest BCUT2D eigenvalue weighted by Gasteiger charge is -2.04. The number of nitrogen functional groups attached to an aromatic ring is 1. The Kier molecular flexibility index (Phi) is 2.72. The topological polar surface area (TPSA) is 56.2 Å². The molecule has 0 unspecified atom stereocenters. The zero-order valence-electron chi connectivity index (χ0n) is 9.14. The molecule has 0 saturated carbocycles. The first kappa shape index (κ1) is 11.5. The van der Waals surface area contributed by atoms with Crippen LogP contribution in [0.2, 0.25) is 5.02 Å². The van der Waals surface area contributed by atoms with Crippen LogP contribution in [0.4, 0.5) is 5.69 Å². The van der Waals surface area contributed by atoms with Gasteiger partial charge in [0.15, 0.2) is 11.5 Å². The first-order chi connectivity index (χ1) is 8.65. The van der Waals surface area contributed by atoms with Crippen LogP contribution >= 0.6 is 27.5 Å². The Morgan fingerprint density at radius 1 is 1.17 bits per heavy atom. The maximum atomic E-state index is 5.96. The highest BCUT2D eigenvalue weighted by molar-refractivity contribution is 9.10. The number of rotatable bonds is 1. The Morgan fingerprint density at radius 3 is 2.78 bits per heavy atom. The van der Waals surface area contributed by atoms with E-state index in [4.69, 9.17) is 17.3 Å². The van der Waals surface area contributed by atoms with Gasteiger partial charge in [-0.25, -0.2) is 0 Å². The summed E-state index contributed by atoms with van der Waals surface area (Å²) in [6, 6.07) is 9.13. The second-order valence-electron chi connectivity index (χ2n) is 3.83. The van der Waals surface area contributed by atoms with E-state index in [1.807, 2.05) is 28.8 Å². The molecular weight excluding hydrogens is 316 g/mol. The molecule has 2 aromatic heterocycles. The van der Waals surface area contributed by atoms with E-state index in [-0.39, 0.29) is 0 Å². The van der Waals surface area contributed by atoms with E-state index < -0.39 is 0 Å². The number of hydrogen-bond acceptors (Lipinski definition) is 3. The monoisotopic (exact) mass is 322 g/mol. The predicted molar refractivity (Wildman–Crippen MR) is 75.5 cm³/mol. The van der Waals surface area contributed by atoms with E-state index in [0.29, 0.717) is 16.5 Å². The van der Waals surface area contributed by atoms with Crippen LogP contribution in [0, 0.1) is 0 Å². The molecule has 90 valence electrons. The number of fused-ring (bicyclic) bond motifs is 1. The average molecular weight is 324 g/mol. The van der Waals surface area contributed by atoms with E-state index >= 15 is 0 Å². The van der Waals surface area contributed by atoms with Gasteiger partial charge < -0.3 is 5.73 Å². The summed E-state index contributed by atoms with van der Waals surface area (Å²) >= 11 is 9.32. The minimum atomic E-state index is 0.580. The fourth-order valence-corrected chi connectivity index (χ4v) is 2.30. The summed E-state index contributed by atoms with van der Waals surface area (Å²) in [5, 5.41) is 8.87. The van der Waals surface area contributed by atoms with Crippen LogP contribution < -0.4 is 5.73 Å². The molecule has 0 aliphatic rings. The highest BCUT2D eigenvalue weighted by Gasteiger charge is 2.11. The summed E-state index contributed by atoms with van der Waals surface area (Å²) in [7, 11) is 0. The van der Waals surface area contributed by atoms with Gasteiger partial charge in [-0.2, -0.15) is 0 Å². The van der Waals surface area contributed by atoms with Crippen molar-refractivity contribution < 1.29 is 0 Å². The summed E-state index contributed by atoms with van der Waals surface area (Å²) in [6.07, 6.45) is 1.90. The van der Waals surface area contributed by atoms with Crippen LogP contribution in [0.15, 0.2) is 41.0 Å². The zero-order valence-corrected chi connectivity index (χ0v) is 11.5. The normalized spacial score (nSPS) is 11.0. The summed E-state index contributed by atoms with van der Waals surface area (Å²) in [4.78, 5) is 0. The summed E-state index contributed by atoms with van der Waals surface area (Å²) in [5.74, 6) is 0.695. The zero-order chi connectivity index (χ0) is 12.7. The Morgan fingerprint density at radius 2 is 2.00 bits per heavy atom. The molecule has 6 heteroatoms. The van der Waals surface area contributed by atoms with Crippen LogP contribution in [0.25, 0.3) is 17.0 Å². The van der Waals surface area contributed by atoms with Gasteiger partial charge >= 0.3 is 0 Å². The first-order valence-corrected chi connectivity index (χ1v) is 6.38. The largest absolute Gasteiger partial charge is 0.398 e. The van der Waals surface area contributed by atoms with Crippen molar-refractivity contribution in [1.29, 1.82) is 0 Å². The fraction of sp³-hybridized carbons (Fsp3) is 0. The lowest BCUT2D eigenvalue weighted by molar-refractivity contribution is 1.11. The molecule has 0 spiro atoms. The average Bonchev–Trinajstić information content (AvgIpc) is 2.72. The van der Waals surface area contributed by atoms with Crippen molar-refractivity contribution in [3.05, 3.63) is 46.0 Å². The van der Waals surface area contributed by atoms with Gasteiger partial charge in [0.2, 0.25) is 0 Å². The second-order valence-corrected chi connectivity index (χ2v) is 5.18. The summed E-state index contributed by atoms with van der Waals surface area (Å²) in [5.41, 5.74) is 8.12. The number of nitrogens with zero attached hydrogens (tertiary/aromatic N) is 3. The number of hydrogen-bond donors (Lipinski definition) is 1. The minimum absolute atomic E-state index is 0.580. The molecule has 1 aromatic carbocycles. The molecule has 0 aliphatic carbocycles. The SMILES string of the molecule is Nc1cc(Cl)ccc1-c1nnc2ccc(Br)cn12. The molecule has 2 N–H and O–H groups in total. The van der Waals surface area contributed by atoms with E-state index in [2.05, 4.69) is 26.1 Å². The van der Waals surface area contributed by atoms with Gasteiger partial charge in [-0.05, 0) is 46.3 Å². The van der Waals surface area contributed by atoms with E-state index in [9.17, 15) is 0 Å². The van der Waals surface area contributed by atoms with Crippen molar-refractivity contribution in [3.63, 3.8) is 0 Å². The van der Waals surface area contributed by atoms with Crippen LogP contribution in [-0.2, 0) is 0 Å². The molecule has 18 heavy (non-hydrogen) atoms. The molecule has 0 fully saturated rings. The predicted octanol–water partition coefficient (Wildman–Crippen LogP) is 3.39. The molecule has 3 aromatic rings. The van der Waals surface area contributed by atoms with Crippen LogP contribution in [0.3, 0.4) is 0 Å². The Labute approximate surface area is 117 Å². The van der Waals surface area contributed by atoms with E-state index in [0.717, 1.165) is 15.7 Å². The quantitative estimate of drug-likeness (QED) is 0.698. The van der Waals surface area contributed by atoms with Crippen LogP contribution in [-0.4, -0.2) is 14.6 Å². The lowest BCUT2D eigenvalue weighted by Crippen LogP contribution is -1.94. The van der Waals surface area contributed by atoms with Crippen molar-refractivity contribution in [2.45, 2.75) is 0 Å². The van der Waals surface area contributed by atoms with E-state index in [1.165, 1.54) is 0 Å². The maximum Gasteiger partial charge on any atom is 0.170 e. The number of pyridine rings is 1. The molecular formula is C12H8BrClN4. The number of aromatic nitrogens is 3. The van der Waals surface area contributed by atoms with Gasteiger partial charge in [0.25, 0.3) is 0 Å². The minimum Gasteiger partial charge on any atom is -0.398 e. The van der Waals surface area contributed by atoms with Crippen LogP contribution in [0.5, 0.6) is 0 Å². The fourth-order valence-electron chi connectivity index (χ4n) is 1.79. The first-order valence-electron chi connectivity index (χ1n) is 5.21. The number of anilines is 1. The third-order valence-corrected chi connectivity index (χ3v) is 3.32. The molecule has 0 amide bonds. The smallest absolute Gasteiger partial charge is 0.170 e. The van der Waals surface area contributed by atoms with Crippen molar-refractivity contribution >= 4 is 38.9 Å². The Bertz CT molecular complexity index is 738. The standard InChI is InChI=1S/C12H8BrClN4/c13-7-1-4-11-16-17-12(18(11)6-7)9-3-2-8(14)5-10(9)15/h1-6H,15H2. The van der Waals surface area contributed by atoms with Gasteiger partial charge in [0.1, 0.15) is 0 Å². The third kappa shape index (κ3) is 1.85. The van der Waals surface area contributed by atoms with Gasteiger partial charge in [-0.1, -0.05) is 11.6 Å². The molecule has 0 atom stereocenters. The highest BCUT2D eigenvalue weighted by Crippen LogP contribution is 2.28. The van der Waals surface area contributed by atoms with Gasteiger partial charge in [0.05, 0.1) is 0 Å². The lowest BCUT2D eigenvalue weighted by atomic mass is 10.1. The Balaban J connectivity index is 2.28. The van der Waals surface area contributed by atoms with Crippen molar-refractivity contribution in [3.8, 4) is 11.4 Å². The molecule has 0 aliphatic heterocycles. The summed E-state index contributed by atoms with van der Waals surface area (Å²) in [6.45, 7) is 0.